The lowest BCUT2D eigenvalue weighted by Gasteiger charge is -2.31. The molecule has 1 fully saturated rings. The first-order valence-electron chi connectivity index (χ1n) is 6.51. The average Bonchev–Trinajstić information content (AvgIpc) is 2.40. The highest BCUT2D eigenvalue weighted by molar-refractivity contribution is 5.85. The molecule has 3 N–H and O–H groups in total. The van der Waals surface area contributed by atoms with E-state index in [1.165, 1.54) is 12.8 Å². The van der Waals surface area contributed by atoms with Crippen LogP contribution in [-0.4, -0.2) is 36.8 Å². The van der Waals surface area contributed by atoms with E-state index in [9.17, 15) is 5.11 Å². The van der Waals surface area contributed by atoms with Crippen LogP contribution in [0.15, 0.2) is 18.2 Å². The summed E-state index contributed by atoms with van der Waals surface area (Å²) >= 11 is 0. The van der Waals surface area contributed by atoms with E-state index in [1.54, 1.807) is 13.2 Å². The Hall–Kier alpha value is -0.970. The van der Waals surface area contributed by atoms with E-state index >= 15 is 0 Å². The average molecular weight is 287 g/mol. The van der Waals surface area contributed by atoms with Gasteiger partial charge in [0.1, 0.15) is 0 Å². The van der Waals surface area contributed by atoms with Crippen molar-refractivity contribution < 1.29 is 9.84 Å². The molecule has 0 saturated carbocycles. The molecule has 108 valence electrons. The molecule has 0 unspecified atom stereocenters. The maximum atomic E-state index is 9.74. The lowest BCUT2D eigenvalue weighted by molar-refractivity contribution is 0.180. The number of benzene rings is 1. The molecule has 0 bridgehead atoms. The van der Waals surface area contributed by atoms with E-state index in [0.29, 0.717) is 11.7 Å². The van der Waals surface area contributed by atoms with E-state index in [4.69, 9.17) is 10.5 Å². The van der Waals surface area contributed by atoms with Crippen molar-refractivity contribution in [3.8, 4) is 11.5 Å². The van der Waals surface area contributed by atoms with Gasteiger partial charge in [0.2, 0.25) is 0 Å². The third-order valence-corrected chi connectivity index (χ3v) is 3.69. The number of aromatic hydroxyl groups is 1. The molecule has 1 aliphatic heterocycles. The third-order valence-electron chi connectivity index (χ3n) is 3.69. The number of hydrogen-bond acceptors (Lipinski definition) is 4. The summed E-state index contributed by atoms with van der Waals surface area (Å²) in [7, 11) is 1.56. The predicted molar refractivity (Wildman–Crippen MR) is 79.0 cm³/mol. The first-order chi connectivity index (χ1) is 8.72. The van der Waals surface area contributed by atoms with E-state index in [1.807, 2.05) is 12.1 Å². The SMILES string of the molecule is COc1ccc(CN2CCC(CN)CC2)cc1O.Cl. The van der Waals surface area contributed by atoms with Gasteiger partial charge < -0.3 is 15.6 Å². The highest BCUT2D eigenvalue weighted by atomic mass is 35.5. The van der Waals surface area contributed by atoms with Gasteiger partial charge in [-0.3, -0.25) is 4.90 Å². The summed E-state index contributed by atoms with van der Waals surface area (Å²) in [4.78, 5) is 2.41. The Morgan fingerprint density at radius 1 is 1.37 bits per heavy atom. The van der Waals surface area contributed by atoms with Crippen LogP contribution >= 0.6 is 12.4 Å². The minimum absolute atomic E-state index is 0. The van der Waals surface area contributed by atoms with Crippen LogP contribution in [-0.2, 0) is 6.54 Å². The molecule has 1 heterocycles. The van der Waals surface area contributed by atoms with Crippen molar-refractivity contribution in [2.75, 3.05) is 26.7 Å². The fourth-order valence-corrected chi connectivity index (χ4v) is 2.47. The fourth-order valence-electron chi connectivity index (χ4n) is 2.47. The molecule has 1 aromatic carbocycles. The third kappa shape index (κ3) is 4.27. The number of nitrogens with zero attached hydrogens (tertiary/aromatic N) is 1. The summed E-state index contributed by atoms with van der Waals surface area (Å²) in [5.74, 6) is 1.43. The minimum Gasteiger partial charge on any atom is -0.504 e. The molecule has 0 aromatic heterocycles. The number of ether oxygens (including phenoxy) is 1. The van der Waals surface area contributed by atoms with Crippen LogP contribution in [0.1, 0.15) is 18.4 Å². The predicted octanol–water partition coefficient (Wildman–Crippen LogP) is 1.99. The van der Waals surface area contributed by atoms with Crippen molar-refractivity contribution in [3.05, 3.63) is 23.8 Å². The molecule has 1 saturated heterocycles. The van der Waals surface area contributed by atoms with Crippen LogP contribution in [0.5, 0.6) is 11.5 Å². The number of piperidine rings is 1. The largest absolute Gasteiger partial charge is 0.504 e. The van der Waals surface area contributed by atoms with Crippen molar-refractivity contribution in [3.63, 3.8) is 0 Å². The molecule has 0 radical (unpaired) electrons. The Kier molecular flexibility index (Phi) is 6.42. The van der Waals surface area contributed by atoms with Crippen molar-refractivity contribution >= 4 is 12.4 Å². The molecule has 0 aliphatic carbocycles. The van der Waals surface area contributed by atoms with Gasteiger partial charge in [-0.15, -0.1) is 12.4 Å². The molecule has 4 nitrogen and oxygen atoms in total. The van der Waals surface area contributed by atoms with Gasteiger partial charge in [-0.05, 0) is 56.1 Å². The zero-order chi connectivity index (χ0) is 13.0. The second-order valence-electron chi connectivity index (χ2n) is 4.96. The van der Waals surface area contributed by atoms with Gasteiger partial charge in [0.25, 0.3) is 0 Å². The van der Waals surface area contributed by atoms with Crippen LogP contribution in [0.3, 0.4) is 0 Å². The first-order valence-corrected chi connectivity index (χ1v) is 6.51. The number of hydrogen-bond donors (Lipinski definition) is 2. The van der Waals surface area contributed by atoms with Gasteiger partial charge in [0, 0.05) is 6.54 Å². The van der Waals surface area contributed by atoms with Crippen molar-refractivity contribution in [1.29, 1.82) is 0 Å². The van der Waals surface area contributed by atoms with Gasteiger partial charge in [-0.2, -0.15) is 0 Å². The normalized spacial score (nSPS) is 16.9. The monoisotopic (exact) mass is 286 g/mol. The van der Waals surface area contributed by atoms with E-state index < -0.39 is 0 Å². The zero-order valence-corrected chi connectivity index (χ0v) is 12.2. The lowest BCUT2D eigenvalue weighted by atomic mass is 9.97. The molecule has 19 heavy (non-hydrogen) atoms. The topological polar surface area (TPSA) is 58.7 Å². The number of nitrogens with two attached hydrogens (primary N) is 1. The molecule has 2 rings (SSSR count). The molecule has 0 spiro atoms. The molecule has 0 atom stereocenters. The molecule has 0 amide bonds. The zero-order valence-electron chi connectivity index (χ0n) is 11.3. The quantitative estimate of drug-likeness (QED) is 0.889. The van der Waals surface area contributed by atoms with Crippen molar-refractivity contribution in [2.45, 2.75) is 19.4 Å². The van der Waals surface area contributed by atoms with Crippen LogP contribution in [0.2, 0.25) is 0 Å². The maximum Gasteiger partial charge on any atom is 0.160 e. The van der Waals surface area contributed by atoms with Crippen LogP contribution in [0.25, 0.3) is 0 Å². The van der Waals surface area contributed by atoms with Gasteiger partial charge in [0.15, 0.2) is 11.5 Å². The van der Waals surface area contributed by atoms with E-state index in [-0.39, 0.29) is 18.2 Å². The first kappa shape index (κ1) is 16.1. The van der Waals surface area contributed by atoms with E-state index in [2.05, 4.69) is 4.90 Å². The number of phenolic OH excluding ortho intramolecular Hbond substituents is 1. The fraction of sp³-hybridized carbons (Fsp3) is 0.571. The Morgan fingerprint density at radius 3 is 2.58 bits per heavy atom. The molecule has 1 aromatic rings. The molecule has 5 heteroatoms. The standard InChI is InChI=1S/C14H22N2O2.ClH/c1-18-14-3-2-12(8-13(14)17)10-16-6-4-11(9-15)5-7-16;/h2-3,8,11,17H,4-7,9-10,15H2,1H3;1H. The van der Waals surface area contributed by atoms with Gasteiger partial charge in [-0.25, -0.2) is 0 Å². The maximum absolute atomic E-state index is 9.74. The van der Waals surface area contributed by atoms with E-state index in [0.717, 1.165) is 31.7 Å². The number of rotatable bonds is 4. The van der Waals surface area contributed by atoms with Gasteiger partial charge >= 0.3 is 0 Å². The lowest BCUT2D eigenvalue weighted by Crippen LogP contribution is -2.35. The molecular weight excluding hydrogens is 264 g/mol. The summed E-state index contributed by atoms with van der Waals surface area (Å²) in [6.45, 7) is 3.87. The number of likely N-dealkylation sites (tertiary alicyclic amines) is 1. The Morgan fingerprint density at radius 2 is 2.05 bits per heavy atom. The van der Waals surface area contributed by atoms with Gasteiger partial charge in [0.05, 0.1) is 7.11 Å². The highest BCUT2D eigenvalue weighted by Crippen LogP contribution is 2.27. The second kappa shape index (κ2) is 7.58. The number of halogens is 1. The van der Waals surface area contributed by atoms with Crippen LogP contribution in [0, 0.1) is 5.92 Å². The van der Waals surface area contributed by atoms with Crippen LogP contribution in [0.4, 0.5) is 0 Å². The molecular formula is C14H23ClN2O2. The Bertz CT molecular complexity index is 393. The van der Waals surface area contributed by atoms with Crippen LogP contribution < -0.4 is 10.5 Å². The Balaban J connectivity index is 0.00000180. The minimum atomic E-state index is 0. The van der Waals surface area contributed by atoms with Crippen molar-refractivity contribution in [2.24, 2.45) is 11.7 Å². The second-order valence-corrected chi connectivity index (χ2v) is 4.96. The summed E-state index contributed by atoms with van der Waals surface area (Å²) in [6.07, 6.45) is 2.36. The summed E-state index contributed by atoms with van der Waals surface area (Å²) < 4.78 is 5.04. The molecule has 1 aliphatic rings. The highest BCUT2D eigenvalue weighted by Gasteiger charge is 2.18. The number of phenols is 1. The van der Waals surface area contributed by atoms with Gasteiger partial charge in [-0.1, -0.05) is 6.07 Å². The van der Waals surface area contributed by atoms with Crippen molar-refractivity contribution in [1.82, 2.24) is 4.90 Å². The smallest absolute Gasteiger partial charge is 0.160 e. The summed E-state index contributed by atoms with van der Waals surface area (Å²) in [6, 6.07) is 5.61. The Labute approximate surface area is 121 Å². The summed E-state index contributed by atoms with van der Waals surface area (Å²) in [5, 5.41) is 9.74. The number of methoxy groups -OCH3 is 1. The summed E-state index contributed by atoms with van der Waals surface area (Å²) in [5.41, 5.74) is 6.81.